The molecule has 0 aliphatic rings. The summed E-state index contributed by atoms with van der Waals surface area (Å²) < 4.78 is 40.3. The van der Waals surface area contributed by atoms with Gasteiger partial charge in [-0.25, -0.2) is 12.8 Å². The highest BCUT2D eigenvalue weighted by molar-refractivity contribution is 7.89. The second-order valence-electron chi connectivity index (χ2n) is 5.30. The van der Waals surface area contributed by atoms with Crippen LogP contribution in [0.4, 0.5) is 10.1 Å². The minimum atomic E-state index is -4.01. The van der Waals surface area contributed by atoms with Crippen molar-refractivity contribution in [3.05, 3.63) is 23.5 Å². The molecule has 0 aromatic heterocycles. The van der Waals surface area contributed by atoms with Crippen molar-refractivity contribution >= 4 is 15.7 Å². The lowest BCUT2D eigenvalue weighted by molar-refractivity contribution is 0.370. The van der Waals surface area contributed by atoms with E-state index >= 15 is 0 Å². The molecule has 0 bridgehead atoms. The van der Waals surface area contributed by atoms with Gasteiger partial charge < -0.3 is 5.73 Å². The number of nitrogens with zero attached hydrogens (tertiary/aromatic N) is 2. The summed E-state index contributed by atoms with van der Waals surface area (Å²) in [4.78, 5) is -0.441. The monoisotopic (exact) mass is 313 g/mol. The van der Waals surface area contributed by atoms with Crippen LogP contribution in [-0.4, -0.2) is 25.8 Å². The van der Waals surface area contributed by atoms with Gasteiger partial charge in [0.05, 0.1) is 6.07 Å². The molecule has 0 fully saturated rings. The normalized spacial score (nSPS) is 11.9. The molecule has 1 aromatic carbocycles. The largest absolute Gasteiger partial charge is 0.398 e. The highest BCUT2D eigenvalue weighted by atomic mass is 32.2. The Balaban J connectivity index is 3.28. The third-order valence-corrected chi connectivity index (χ3v) is 4.86. The van der Waals surface area contributed by atoms with Crippen molar-refractivity contribution in [3.63, 3.8) is 0 Å². The molecule has 2 N–H and O–H groups in total. The van der Waals surface area contributed by atoms with Gasteiger partial charge in [-0.1, -0.05) is 13.8 Å². The van der Waals surface area contributed by atoms with Crippen LogP contribution in [0.5, 0.6) is 0 Å². The van der Waals surface area contributed by atoms with Crippen molar-refractivity contribution in [2.24, 2.45) is 5.92 Å². The number of halogens is 1. The molecule has 116 valence electrons. The number of rotatable bonds is 6. The summed E-state index contributed by atoms with van der Waals surface area (Å²) in [6.45, 7) is 5.57. The van der Waals surface area contributed by atoms with Crippen LogP contribution < -0.4 is 5.73 Å². The van der Waals surface area contributed by atoms with E-state index in [9.17, 15) is 12.8 Å². The summed E-state index contributed by atoms with van der Waals surface area (Å²) in [6.07, 6.45) is 0.0505. The molecular weight excluding hydrogens is 293 g/mol. The van der Waals surface area contributed by atoms with Crippen molar-refractivity contribution in [2.75, 3.05) is 18.8 Å². The Kier molecular flexibility index (Phi) is 5.70. The summed E-state index contributed by atoms with van der Waals surface area (Å²) >= 11 is 0. The summed E-state index contributed by atoms with van der Waals surface area (Å²) in [6, 6.07) is 4.16. The van der Waals surface area contributed by atoms with Crippen LogP contribution in [0.25, 0.3) is 0 Å². The molecule has 0 aliphatic carbocycles. The van der Waals surface area contributed by atoms with E-state index in [1.165, 1.54) is 0 Å². The SMILES string of the molecule is Cc1cc(F)c(S(=O)(=O)N(CCC#N)CC(C)C)cc1N. The molecule has 0 aliphatic heterocycles. The van der Waals surface area contributed by atoms with Gasteiger partial charge >= 0.3 is 0 Å². The van der Waals surface area contributed by atoms with E-state index in [0.717, 1.165) is 16.4 Å². The Morgan fingerprint density at radius 3 is 2.57 bits per heavy atom. The number of anilines is 1. The van der Waals surface area contributed by atoms with Gasteiger partial charge in [-0.15, -0.1) is 0 Å². The van der Waals surface area contributed by atoms with Gasteiger partial charge in [0.25, 0.3) is 0 Å². The van der Waals surface area contributed by atoms with Crippen molar-refractivity contribution < 1.29 is 12.8 Å². The number of hydrogen-bond acceptors (Lipinski definition) is 4. The maximum Gasteiger partial charge on any atom is 0.246 e. The van der Waals surface area contributed by atoms with Crippen LogP contribution in [0.15, 0.2) is 17.0 Å². The summed E-state index contributed by atoms with van der Waals surface area (Å²) in [5, 5.41) is 8.66. The minimum Gasteiger partial charge on any atom is -0.398 e. The maximum absolute atomic E-state index is 14.0. The minimum absolute atomic E-state index is 0.0320. The molecule has 0 saturated carbocycles. The van der Waals surface area contributed by atoms with E-state index in [2.05, 4.69) is 0 Å². The van der Waals surface area contributed by atoms with Gasteiger partial charge in [-0.3, -0.25) is 0 Å². The second-order valence-corrected chi connectivity index (χ2v) is 7.21. The summed E-state index contributed by atoms with van der Waals surface area (Å²) in [7, 11) is -4.01. The second kappa shape index (κ2) is 6.87. The lowest BCUT2D eigenvalue weighted by Gasteiger charge is -2.23. The Labute approximate surface area is 125 Å². The number of nitriles is 1. The third kappa shape index (κ3) is 4.16. The predicted molar refractivity (Wildman–Crippen MR) is 79.4 cm³/mol. The van der Waals surface area contributed by atoms with Gasteiger partial charge in [0, 0.05) is 25.2 Å². The molecule has 0 saturated heterocycles. The molecule has 0 atom stereocenters. The zero-order valence-corrected chi connectivity index (χ0v) is 13.2. The Hall–Kier alpha value is -1.65. The van der Waals surface area contributed by atoms with Crippen LogP contribution >= 0.6 is 0 Å². The number of sulfonamides is 1. The maximum atomic E-state index is 14.0. The van der Waals surface area contributed by atoms with Gasteiger partial charge in [0.1, 0.15) is 10.7 Å². The van der Waals surface area contributed by atoms with E-state index in [1.54, 1.807) is 6.92 Å². The first-order valence-electron chi connectivity index (χ1n) is 6.62. The predicted octanol–water partition coefficient (Wildman–Crippen LogP) is 2.28. The van der Waals surface area contributed by atoms with Crippen molar-refractivity contribution in [1.29, 1.82) is 5.26 Å². The molecule has 7 heteroatoms. The molecule has 5 nitrogen and oxygen atoms in total. The average Bonchev–Trinajstić information content (AvgIpc) is 2.38. The number of benzene rings is 1. The van der Waals surface area contributed by atoms with Crippen LogP contribution in [0, 0.1) is 30.0 Å². The fraction of sp³-hybridized carbons (Fsp3) is 0.500. The molecule has 1 rings (SSSR count). The van der Waals surface area contributed by atoms with E-state index in [4.69, 9.17) is 11.0 Å². The fourth-order valence-corrected chi connectivity index (χ4v) is 3.58. The molecule has 0 spiro atoms. The molecule has 0 heterocycles. The number of aryl methyl sites for hydroxylation is 1. The van der Waals surface area contributed by atoms with Crippen LogP contribution in [-0.2, 0) is 10.0 Å². The third-order valence-electron chi connectivity index (χ3n) is 2.98. The molecular formula is C14H20FN3O2S. The van der Waals surface area contributed by atoms with Gasteiger partial charge in [-0.2, -0.15) is 9.57 Å². The molecule has 0 radical (unpaired) electrons. The molecule has 0 amide bonds. The zero-order valence-electron chi connectivity index (χ0n) is 12.4. The Bertz CT molecular complexity index is 651. The Morgan fingerprint density at radius 1 is 1.43 bits per heavy atom. The first-order chi connectivity index (χ1) is 9.70. The van der Waals surface area contributed by atoms with Gasteiger partial charge in [0.15, 0.2) is 0 Å². The topological polar surface area (TPSA) is 87.2 Å². The molecule has 1 aromatic rings. The van der Waals surface area contributed by atoms with Crippen molar-refractivity contribution in [1.82, 2.24) is 4.31 Å². The quantitative estimate of drug-likeness (QED) is 0.816. The standard InChI is InChI=1S/C14H20FN3O2S/c1-10(2)9-18(6-4-5-16)21(19,20)14-8-13(17)11(3)7-12(14)15/h7-8,10H,4,6,9,17H2,1-3H3. The molecule has 21 heavy (non-hydrogen) atoms. The fourth-order valence-electron chi connectivity index (χ4n) is 1.90. The van der Waals surface area contributed by atoms with Crippen molar-refractivity contribution in [2.45, 2.75) is 32.1 Å². The van der Waals surface area contributed by atoms with Crippen LogP contribution in [0.2, 0.25) is 0 Å². The number of nitrogens with two attached hydrogens (primary N) is 1. The first kappa shape index (κ1) is 17.4. The summed E-state index contributed by atoms with van der Waals surface area (Å²) in [5.41, 5.74) is 6.39. The smallest absolute Gasteiger partial charge is 0.246 e. The highest BCUT2D eigenvalue weighted by Gasteiger charge is 2.28. The van der Waals surface area contributed by atoms with Crippen molar-refractivity contribution in [3.8, 4) is 6.07 Å². The lowest BCUT2D eigenvalue weighted by Crippen LogP contribution is -2.35. The van der Waals surface area contributed by atoms with Crippen LogP contribution in [0.1, 0.15) is 25.8 Å². The van der Waals surface area contributed by atoms with E-state index in [1.807, 2.05) is 19.9 Å². The average molecular weight is 313 g/mol. The van der Waals surface area contributed by atoms with E-state index in [0.29, 0.717) is 5.56 Å². The van der Waals surface area contributed by atoms with E-state index < -0.39 is 20.7 Å². The lowest BCUT2D eigenvalue weighted by atomic mass is 10.2. The van der Waals surface area contributed by atoms with Crippen LogP contribution in [0.3, 0.4) is 0 Å². The number of nitrogen functional groups attached to an aromatic ring is 1. The molecule has 0 unspecified atom stereocenters. The van der Waals surface area contributed by atoms with Gasteiger partial charge in [-0.05, 0) is 30.5 Å². The van der Waals surface area contributed by atoms with Gasteiger partial charge in [0.2, 0.25) is 10.0 Å². The van der Waals surface area contributed by atoms with E-state index in [-0.39, 0.29) is 31.1 Å². The highest BCUT2D eigenvalue weighted by Crippen LogP contribution is 2.25. The number of hydrogen-bond donors (Lipinski definition) is 1. The Morgan fingerprint density at radius 2 is 2.05 bits per heavy atom. The summed E-state index contributed by atoms with van der Waals surface area (Å²) in [5.74, 6) is -0.767. The zero-order chi connectivity index (χ0) is 16.2. The first-order valence-corrected chi connectivity index (χ1v) is 8.07.